The number of rotatable bonds is 1. The third-order valence-electron chi connectivity index (χ3n) is 2.75. The average molecular weight is 113 g/mol. The predicted molar refractivity (Wildman–Crippen MR) is 35.5 cm³/mol. The minimum Gasteiger partial charge on any atom is -0.327 e. The maximum atomic E-state index is 5.72. The highest BCUT2D eigenvalue weighted by Gasteiger charge is 2.48. The van der Waals surface area contributed by atoms with Gasteiger partial charge in [0.05, 0.1) is 0 Å². The topological polar surface area (TPSA) is 26.0 Å². The van der Waals surface area contributed by atoms with E-state index in [9.17, 15) is 0 Å². The van der Waals surface area contributed by atoms with Crippen molar-refractivity contribution >= 4 is 0 Å². The summed E-state index contributed by atoms with van der Waals surface area (Å²) in [4.78, 5) is 0. The summed E-state index contributed by atoms with van der Waals surface area (Å²) in [5, 5.41) is 0. The van der Waals surface area contributed by atoms with Crippen LogP contribution in [0.3, 0.4) is 0 Å². The molecule has 1 fully saturated rings. The molecule has 1 saturated carbocycles. The molecule has 8 heavy (non-hydrogen) atoms. The molecule has 1 aliphatic rings. The molecule has 0 spiro atoms. The van der Waals surface area contributed by atoms with Crippen molar-refractivity contribution in [3.63, 3.8) is 0 Å². The van der Waals surface area contributed by atoms with E-state index in [0.29, 0.717) is 11.5 Å². The molecule has 0 aromatic carbocycles. The lowest BCUT2D eigenvalue weighted by molar-refractivity contribution is 0.429. The van der Waals surface area contributed by atoms with Gasteiger partial charge in [0.15, 0.2) is 0 Å². The van der Waals surface area contributed by atoms with E-state index >= 15 is 0 Å². The van der Waals surface area contributed by atoms with Gasteiger partial charge in [-0.3, -0.25) is 0 Å². The Kier molecular flexibility index (Phi) is 1.12. The van der Waals surface area contributed by atoms with Gasteiger partial charge in [-0.25, -0.2) is 0 Å². The monoisotopic (exact) mass is 113 g/mol. The lowest BCUT2D eigenvalue weighted by Gasteiger charge is -2.13. The van der Waals surface area contributed by atoms with Gasteiger partial charge in [-0.2, -0.15) is 0 Å². The van der Waals surface area contributed by atoms with Gasteiger partial charge in [-0.15, -0.1) is 0 Å². The third-order valence-corrected chi connectivity index (χ3v) is 2.75. The summed E-state index contributed by atoms with van der Waals surface area (Å²) in [5.74, 6) is 0.863. The highest BCUT2D eigenvalue weighted by Crippen LogP contribution is 2.53. The van der Waals surface area contributed by atoms with E-state index in [1.807, 2.05) is 0 Å². The average Bonchev–Trinajstić information content (AvgIpc) is 2.17. The first kappa shape index (κ1) is 6.09. The van der Waals surface area contributed by atoms with Crippen molar-refractivity contribution in [2.75, 3.05) is 0 Å². The Bertz CT molecular complexity index is 98.6. The summed E-state index contributed by atoms with van der Waals surface area (Å²) in [6.07, 6.45) is 1.32. The molecule has 3 atom stereocenters. The van der Waals surface area contributed by atoms with Gasteiger partial charge in [0.1, 0.15) is 0 Å². The van der Waals surface area contributed by atoms with Gasteiger partial charge in [-0.05, 0) is 24.7 Å². The molecule has 0 aromatic rings. The summed E-state index contributed by atoms with van der Waals surface area (Å²) >= 11 is 0. The minimum absolute atomic E-state index is 0.387. The van der Waals surface area contributed by atoms with Crippen LogP contribution in [0.1, 0.15) is 27.2 Å². The van der Waals surface area contributed by atoms with E-state index in [1.165, 1.54) is 6.42 Å². The first-order chi connectivity index (χ1) is 3.57. The SMILES string of the molecule is CC(N)C1(C)CC1C. The van der Waals surface area contributed by atoms with Crippen LogP contribution in [0.4, 0.5) is 0 Å². The lowest BCUT2D eigenvalue weighted by Crippen LogP contribution is -2.26. The van der Waals surface area contributed by atoms with Crippen LogP contribution >= 0.6 is 0 Å². The van der Waals surface area contributed by atoms with Crippen LogP contribution in [0.5, 0.6) is 0 Å². The van der Waals surface area contributed by atoms with Crippen LogP contribution in [-0.2, 0) is 0 Å². The van der Waals surface area contributed by atoms with E-state index in [4.69, 9.17) is 5.73 Å². The van der Waals surface area contributed by atoms with Crippen molar-refractivity contribution in [3.05, 3.63) is 0 Å². The Balaban J connectivity index is 2.47. The normalized spacial score (nSPS) is 48.8. The quantitative estimate of drug-likeness (QED) is 0.546. The molecule has 1 rings (SSSR count). The van der Waals surface area contributed by atoms with Gasteiger partial charge in [-0.1, -0.05) is 13.8 Å². The molecule has 0 heterocycles. The summed E-state index contributed by atoms with van der Waals surface area (Å²) < 4.78 is 0. The molecule has 0 aromatic heterocycles. The minimum atomic E-state index is 0.387. The first-order valence-electron chi connectivity index (χ1n) is 3.33. The number of hydrogen-bond donors (Lipinski definition) is 1. The highest BCUT2D eigenvalue weighted by atomic mass is 14.7. The van der Waals surface area contributed by atoms with Crippen molar-refractivity contribution in [2.45, 2.75) is 33.2 Å². The van der Waals surface area contributed by atoms with Crippen molar-refractivity contribution in [1.82, 2.24) is 0 Å². The molecule has 0 radical (unpaired) electrons. The Morgan fingerprint density at radius 1 is 1.75 bits per heavy atom. The number of nitrogens with two attached hydrogens (primary N) is 1. The third kappa shape index (κ3) is 0.655. The smallest absolute Gasteiger partial charge is 0.00670 e. The maximum absolute atomic E-state index is 5.72. The molecule has 0 aliphatic heterocycles. The van der Waals surface area contributed by atoms with Crippen molar-refractivity contribution in [2.24, 2.45) is 17.1 Å². The van der Waals surface area contributed by atoms with E-state index < -0.39 is 0 Å². The van der Waals surface area contributed by atoms with Crippen LogP contribution in [-0.4, -0.2) is 6.04 Å². The van der Waals surface area contributed by atoms with Crippen LogP contribution < -0.4 is 5.73 Å². The molecule has 3 unspecified atom stereocenters. The van der Waals surface area contributed by atoms with Crippen molar-refractivity contribution in [1.29, 1.82) is 0 Å². The number of hydrogen-bond acceptors (Lipinski definition) is 1. The molecule has 0 amide bonds. The van der Waals surface area contributed by atoms with Crippen LogP contribution in [0.25, 0.3) is 0 Å². The second-order valence-electron chi connectivity index (χ2n) is 3.40. The first-order valence-corrected chi connectivity index (χ1v) is 3.33. The van der Waals surface area contributed by atoms with Crippen LogP contribution in [0, 0.1) is 11.3 Å². The molecular weight excluding hydrogens is 98.1 g/mol. The molecular formula is C7H15N. The Morgan fingerprint density at radius 3 is 2.12 bits per heavy atom. The van der Waals surface area contributed by atoms with Crippen LogP contribution in [0.2, 0.25) is 0 Å². The summed E-state index contributed by atoms with van der Waals surface area (Å²) in [5.41, 5.74) is 6.21. The summed E-state index contributed by atoms with van der Waals surface area (Å²) in [7, 11) is 0. The molecule has 0 saturated heterocycles. The zero-order chi connectivity index (χ0) is 6.36. The van der Waals surface area contributed by atoms with Crippen LogP contribution in [0.15, 0.2) is 0 Å². The van der Waals surface area contributed by atoms with E-state index in [1.54, 1.807) is 0 Å². The Morgan fingerprint density at radius 2 is 2.12 bits per heavy atom. The fourth-order valence-corrected chi connectivity index (χ4v) is 1.24. The Labute approximate surface area is 51.3 Å². The summed E-state index contributed by atoms with van der Waals surface area (Å²) in [6, 6.07) is 0.387. The standard InChI is InChI=1S/C7H15N/c1-5-4-7(5,3)6(2)8/h5-6H,4,8H2,1-3H3. The predicted octanol–water partition coefficient (Wildman–Crippen LogP) is 1.38. The van der Waals surface area contributed by atoms with E-state index in [2.05, 4.69) is 20.8 Å². The molecule has 48 valence electrons. The van der Waals surface area contributed by atoms with E-state index in [-0.39, 0.29) is 0 Å². The van der Waals surface area contributed by atoms with Gasteiger partial charge >= 0.3 is 0 Å². The van der Waals surface area contributed by atoms with Gasteiger partial charge in [0.2, 0.25) is 0 Å². The van der Waals surface area contributed by atoms with Crippen molar-refractivity contribution < 1.29 is 0 Å². The highest BCUT2D eigenvalue weighted by molar-refractivity contribution is 5.01. The van der Waals surface area contributed by atoms with Gasteiger partial charge in [0, 0.05) is 6.04 Å². The molecule has 1 aliphatic carbocycles. The summed E-state index contributed by atoms with van der Waals surface area (Å²) in [6.45, 7) is 6.63. The molecule has 0 bridgehead atoms. The molecule has 1 heteroatoms. The Hall–Kier alpha value is -0.0400. The fraction of sp³-hybridized carbons (Fsp3) is 1.00. The maximum Gasteiger partial charge on any atom is 0.00670 e. The molecule has 1 nitrogen and oxygen atoms in total. The largest absolute Gasteiger partial charge is 0.327 e. The molecule has 2 N–H and O–H groups in total. The fourth-order valence-electron chi connectivity index (χ4n) is 1.24. The zero-order valence-corrected chi connectivity index (χ0v) is 5.94. The van der Waals surface area contributed by atoms with Crippen molar-refractivity contribution in [3.8, 4) is 0 Å². The second kappa shape index (κ2) is 1.47. The van der Waals surface area contributed by atoms with Gasteiger partial charge < -0.3 is 5.73 Å². The second-order valence-corrected chi connectivity index (χ2v) is 3.40. The lowest BCUT2D eigenvalue weighted by atomic mass is 9.99. The van der Waals surface area contributed by atoms with E-state index in [0.717, 1.165) is 5.92 Å². The van der Waals surface area contributed by atoms with Gasteiger partial charge in [0.25, 0.3) is 0 Å². The zero-order valence-electron chi connectivity index (χ0n) is 5.94.